The first kappa shape index (κ1) is 18.2. The monoisotopic (exact) mass is 330 g/mol. The van der Waals surface area contributed by atoms with Crippen molar-refractivity contribution in [1.29, 1.82) is 0 Å². The Hall–Kier alpha value is -2.14. The molecule has 0 fully saturated rings. The first-order valence-electron chi connectivity index (χ1n) is 8.50. The highest BCUT2D eigenvalue weighted by atomic mass is 16.5. The molecule has 1 atom stereocenters. The maximum Gasteiger partial charge on any atom is 0.313 e. The second kappa shape index (κ2) is 9.23. The fraction of sp³-hybridized carbons (Fsp3) is 0.474. The van der Waals surface area contributed by atoms with Gasteiger partial charge in [0.1, 0.15) is 0 Å². The molecule has 1 aliphatic carbocycles. The summed E-state index contributed by atoms with van der Waals surface area (Å²) < 4.78 is 5.26. The molecule has 1 aromatic carbocycles. The van der Waals surface area contributed by atoms with Gasteiger partial charge in [0.05, 0.1) is 6.10 Å². The number of anilines is 1. The Kier molecular flexibility index (Phi) is 7.00. The predicted molar refractivity (Wildman–Crippen MR) is 94.7 cm³/mol. The standard InChI is InChI=1S/C19H26N2O3/c1-14(24-2)16-9-6-10-17(13-16)21-19(23)18(22)20-12-11-15-7-4-3-5-8-15/h6-7,9-10,13-14H,3-5,8,11-12H2,1-2H3,(H,20,22)(H,21,23)/t14-/m1/s1. The van der Waals surface area contributed by atoms with Crippen LogP contribution < -0.4 is 10.6 Å². The summed E-state index contributed by atoms with van der Waals surface area (Å²) in [5, 5.41) is 5.31. The second-order valence-corrected chi connectivity index (χ2v) is 6.07. The van der Waals surface area contributed by atoms with Crippen LogP contribution in [0.3, 0.4) is 0 Å². The molecule has 2 amide bonds. The Morgan fingerprint density at radius 3 is 2.79 bits per heavy atom. The molecule has 5 heteroatoms. The molecule has 0 saturated heterocycles. The van der Waals surface area contributed by atoms with Crippen LogP contribution in [0.2, 0.25) is 0 Å². The van der Waals surface area contributed by atoms with Crippen molar-refractivity contribution < 1.29 is 14.3 Å². The van der Waals surface area contributed by atoms with Gasteiger partial charge in [-0.2, -0.15) is 0 Å². The van der Waals surface area contributed by atoms with Crippen LogP contribution in [-0.2, 0) is 14.3 Å². The van der Waals surface area contributed by atoms with E-state index in [0.717, 1.165) is 24.8 Å². The van der Waals surface area contributed by atoms with E-state index in [9.17, 15) is 9.59 Å². The number of rotatable bonds is 6. The summed E-state index contributed by atoms with van der Waals surface area (Å²) in [5.41, 5.74) is 2.91. The lowest BCUT2D eigenvalue weighted by Crippen LogP contribution is -2.36. The van der Waals surface area contributed by atoms with E-state index in [-0.39, 0.29) is 6.10 Å². The van der Waals surface area contributed by atoms with Gasteiger partial charge in [-0.3, -0.25) is 9.59 Å². The molecule has 0 unspecified atom stereocenters. The topological polar surface area (TPSA) is 67.4 Å². The zero-order valence-electron chi connectivity index (χ0n) is 14.4. The second-order valence-electron chi connectivity index (χ2n) is 6.07. The number of ether oxygens (including phenoxy) is 1. The maximum atomic E-state index is 12.0. The number of allylic oxidation sites excluding steroid dienone is 1. The van der Waals surface area contributed by atoms with Crippen LogP contribution in [0.5, 0.6) is 0 Å². The molecule has 0 bridgehead atoms. The van der Waals surface area contributed by atoms with Crippen molar-refractivity contribution in [3.63, 3.8) is 0 Å². The van der Waals surface area contributed by atoms with E-state index in [1.54, 1.807) is 13.2 Å². The zero-order chi connectivity index (χ0) is 17.4. The van der Waals surface area contributed by atoms with E-state index in [1.165, 1.54) is 18.4 Å². The normalized spacial score (nSPS) is 15.3. The molecule has 0 heterocycles. The maximum absolute atomic E-state index is 12.0. The molecule has 0 aliphatic heterocycles. The zero-order valence-corrected chi connectivity index (χ0v) is 14.4. The molecule has 5 nitrogen and oxygen atoms in total. The summed E-state index contributed by atoms with van der Waals surface area (Å²) in [6.45, 7) is 2.42. The quantitative estimate of drug-likeness (QED) is 0.621. The van der Waals surface area contributed by atoms with E-state index >= 15 is 0 Å². The first-order chi connectivity index (χ1) is 11.6. The molecule has 2 rings (SSSR count). The molecule has 2 N–H and O–H groups in total. The lowest BCUT2D eigenvalue weighted by molar-refractivity contribution is -0.136. The summed E-state index contributed by atoms with van der Waals surface area (Å²) in [4.78, 5) is 23.9. The number of carbonyl (C=O) groups excluding carboxylic acids is 2. The number of methoxy groups -OCH3 is 1. The smallest absolute Gasteiger partial charge is 0.313 e. The number of benzene rings is 1. The summed E-state index contributed by atoms with van der Waals surface area (Å²) in [5.74, 6) is -1.24. The Balaban J connectivity index is 1.80. The van der Waals surface area contributed by atoms with E-state index in [2.05, 4.69) is 16.7 Å². The molecule has 130 valence electrons. The van der Waals surface area contributed by atoms with Gasteiger partial charge < -0.3 is 15.4 Å². The highest BCUT2D eigenvalue weighted by molar-refractivity contribution is 6.39. The van der Waals surface area contributed by atoms with E-state index in [0.29, 0.717) is 12.2 Å². The van der Waals surface area contributed by atoms with Crippen molar-refractivity contribution in [2.24, 2.45) is 0 Å². The van der Waals surface area contributed by atoms with Gasteiger partial charge in [0, 0.05) is 19.3 Å². The Morgan fingerprint density at radius 2 is 2.08 bits per heavy atom. The van der Waals surface area contributed by atoms with Crippen molar-refractivity contribution in [2.75, 3.05) is 19.0 Å². The van der Waals surface area contributed by atoms with Gasteiger partial charge in [-0.1, -0.05) is 23.8 Å². The first-order valence-corrected chi connectivity index (χ1v) is 8.50. The van der Waals surface area contributed by atoms with Crippen LogP contribution in [0, 0.1) is 0 Å². The third-order valence-electron chi connectivity index (χ3n) is 4.29. The SMILES string of the molecule is CO[C@H](C)c1cccc(NC(=O)C(=O)NCCC2=CCCCC2)c1. The van der Waals surface area contributed by atoms with E-state index in [1.807, 2.05) is 25.1 Å². The third kappa shape index (κ3) is 5.49. The Morgan fingerprint density at radius 1 is 1.25 bits per heavy atom. The summed E-state index contributed by atoms with van der Waals surface area (Å²) in [6, 6.07) is 7.31. The minimum absolute atomic E-state index is 0.0700. The molecule has 0 saturated carbocycles. The third-order valence-corrected chi connectivity index (χ3v) is 4.29. The van der Waals surface area contributed by atoms with Gasteiger partial charge in [0.15, 0.2) is 0 Å². The van der Waals surface area contributed by atoms with Gasteiger partial charge in [-0.15, -0.1) is 0 Å². The predicted octanol–water partition coefficient (Wildman–Crippen LogP) is 3.34. The number of nitrogens with one attached hydrogen (secondary N) is 2. The van der Waals surface area contributed by atoms with E-state index < -0.39 is 11.8 Å². The summed E-state index contributed by atoms with van der Waals surface area (Å²) in [6.07, 6.45) is 7.69. The average molecular weight is 330 g/mol. The molecular weight excluding hydrogens is 304 g/mol. The summed E-state index contributed by atoms with van der Waals surface area (Å²) in [7, 11) is 1.63. The van der Waals surface area contributed by atoms with Crippen molar-refractivity contribution in [3.05, 3.63) is 41.5 Å². The Labute approximate surface area is 143 Å². The lowest BCUT2D eigenvalue weighted by Gasteiger charge is -2.13. The van der Waals surface area contributed by atoms with Gasteiger partial charge in [0.2, 0.25) is 0 Å². The van der Waals surface area contributed by atoms with Crippen LogP contribution in [0.4, 0.5) is 5.69 Å². The van der Waals surface area contributed by atoms with Gasteiger partial charge in [-0.25, -0.2) is 0 Å². The van der Waals surface area contributed by atoms with Crippen molar-refractivity contribution in [1.82, 2.24) is 5.32 Å². The molecular formula is C19H26N2O3. The number of hydrogen-bond acceptors (Lipinski definition) is 3. The van der Waals surface area contributed by atoms with Crippen LogP contribution in [0.25, 0.3) is 0 Å². The largest absolute Gasteiger partial charge is 0.377 e. The average Bonchev–Trinajstić information content (AvgIpc) is 2.62. The van der Waals surface area contributed by atoms with Crippen molar-refractivity contribution >= 4 is 17.5 Å². The van der Waals surface area contributed by atoms with Crippen molar-refractivity contribution in [3.8, 4) is 0 Å². The highest BCUT2D eigenvalue weighted by Crippen LogP contribution is 2.20. The fourth-order valence-electron chi connectivity index (χ4n) is 2.74. The number of amides is 2. The lowest BCUT2D eigenvalue weighted by atomic mass is 9.97. The minimum Gasteiger partial charge on any atom is -0.377 e. The molecule has 0 radical (unpaired) electrons. The van der Waals surface area contributed by atoms with E-state index in [4.69, 9.17) is 4.74 Å². The van der Waals surface area contributed by atoms with Crippen LogP contribution in [0.1, 0.15) is 50.7 Å². The fourth-order valence-corrected chi connectivity index (χ4v) is 2.74. The van der Waals surface area contributed by atoms with Crippen molar-refractivity contribution in [2.45, 2.75) is 45.1 Å². The van der Waals surface area contributed by atoms with Gasteiger partial charge in [0.25, 0.3) is 0 Å². The summed E-state index contributed by atoms with van der Waals surface area (Å²) >= 11 is 0. The minimum atomic E-state index is -0.644. The molecule has 0 spiro atoms. The number of hydrogen-bond donors (Lipinski definition) is 2. The van der Waals surface area contributed by atoms with Crippen LogP contribution in [-0.4, -0.2) is 25.5 Å². The Bertz CT molecular complexity index is 610. The number of carbonyl (C=O) groups is 2. The van der Waals surface area contributed by atoms with Crippen LogP contribution in [0.15, 0.2) is 35.9 Å². The molecule has 24 heavy (non-hydrogen) atoms. The van der Waals surface area contributed by atoms with Gasteiger partial charge in [-0.05, 0) is 56.7 Å². The molecule has 0 aromatic heterocycles. The molecule has 1 aromatic rings. The van der Waals surface area contributed by atoms with Crippen LogP contribution >= 0.6 is 0 Å². The van der Waals surface area contributed by atoms with Gasteiger partial charge >= 0.3 is 11.8 Å². The molecule has 1 aliphatic rings. The highest BCUT2D eigenvalue weighted by Gasteiger charge is 2.14.